The summed E-state index contributed by atoms with van der Waals surface area (Å²) in [4.78, 5) is 14.6. The zero-order chi connectivity index (χ0) is 15.0. The van der Waals surface area contributed by atoms with Crippen molar-refractivity contribution in [3.8, 4) is 5.75 Å². The molecular weight excluding hydrogens is 377 g/mol. The molecule has 3 rings (SSSR count). The van der Waals surface area contributed by atoms with E-state index in [2.05, 4.69) is 22.6 Å². The molecular formula is C17H16INO2. The molecule has 0 saturated carbocycles. The Kier molecular flexibility index (Phi) is 3.65. The Balaban J connectivity index is 2.01. The highest BCUT2D eigenvalue weighted by Crippen LogP contribution is 2.37. The van der Waals surface area contributed by atoms with Crippen molar-refractivity contribution in [1.29, 1.82) is 0 Å². The van der Waals surface area contributed by atoms with Gasteiger partial charge in [0.15, 0.2) is 0 Å². The number of hydrogen-bond acceptors (Lipinski definition) is 2. The van der Waals surface area contributed by atoms with Crippen LogP contribution in [0.5, 0.6) is 5.75 Å². The fraction of sp³-hybridized carbons (Fsp3) is 0.235. The number of halogens is 1. The van der Waals surface area contributed by atoms with E-state index >= 15 is 0 Å². The van der Waals surface area contributed by atoms with Crippen LogP contribution in [-0.2, 0) is 0 Å². The summed E-state index contributed by atoms with van der Waals surface area (Å²) in [6, 6.07) is 15.3. The van der Waals surface area contributed by atoms with E-state index in [1.807, 2.05) is 62.4 Å². The second-order valence-corrected chi connectivity index (χ2v) is 6.97. The lowest BCUT2D eigenvalue weighted by Crippen LogP contribution is -2.49. The van der Waals surface area contributed by atoms with Gasteiger partial charge in [-0.05, 0) is 72.8 Å². The van der Waals surface area contributed by atoms with E-state index in [9.17, 15) is 4.79 Å². The van der Waals surface area contributed by atoms with Crippen LogP contribution in [0, 0.1) is 3.57 Å². The fourth-order valence-corrected chi connectivity index (χ4v) is 2.85. The van der Waals surface area contributed by atoms with Crippen molar-refractivity contribution in [2.75, 3.05) is 11.4 Å². The van der Waals surface area contributed by atoms with E-state index in [1.54, 1.807) is 4.90 Å². The zero-order valence-electron chi connectivity index (χ0n) is 12.0. The average molecular weight is 393 g/mol. The van der Waals surface area contributed by atoms with Crippen LogP contribution in [-0.4, -0.2) is 18.1 Å². The second kappa shape index (κ2) is 5.33. The molecule has 0 bridgehead atoms. The molecule has 0 radical (unpaired) electrons. The number of ether oxygens (including phenoxy) is 1. The normalized spacial score (nSPS) is 16.0. The summed E-state index contributed by atoms with van der Waals surface area (Å²) >= 11 is 2.24. The highest BCUT2D eigenvalue weighted by molar-refractivity contribution is 14.1. The third-order valence-corrected chi connectivity index (χ3v) is 4.14. The molecule has 0 unspecified atom stereocenters. The largest absolute Gasteiger partial charge is 0.484 e. The highest BCUT2D eigenvalue weighted by atomic mass is 127. The molecule has 1 aliphatic rings. The van der Waals surface area contributed by atoms with Gasteiger partial charge in [0.25, 0.3) is 5.91 Å². The lowest BCUT2D eigenvalue weighted by atomic mass is 10.0. The van der Waals surface area contributed by atoms with E-state index in [4.69, 9.17) is 4.74 Å². The second-order valence-electron chi connectivity index (χ2n) is 5.73. The first-order valence-corrected chi connectivity index (χ1v) is 7.90. The van der Waals surface area contributed by atoms with E-state index in [0.717, 1.165) is 15.0 Å². The summed E-state index contributed by atoms with van der Waals surface area (Å²) in [6.45, 7) is 4.53. The number of fused-ring (bicyclic) bond motifs is 1. The molecule has 108 valence electrons. The van der Waals surface area contributed by atoms with Gasteiger partial charge in [-0.2, -0.15) is 0 Å². The van der Waals surface area contributed by atoms with Crippen molar-refractivity contribution in [3.63, 3.8) is 0 Å². The van der Waals surface area contributed by atoms with Gasteiger partial charge in [0.1, 0.15) is 11.4 Å². The van der Waals surface area contributed by atoms with Gasteiger partial charge in [-0.15, -0.1) is 0 Å². The average Bonchev–Trinajstić information content (AvgIpc) is 2.45. The predicted octanol–water partition coefficient (Wildman–Crippen LogP) is 4.11. The standard InChI is InChI=1S/C17H16INO2/c1-17(2)11-19(14-5-3-4-6-15(14)21-17)16(20)12-7-9-13(18)10-8-12/h3-10H,11H2,1-2H3. The smallest absolute Gasteiger partial charge is 0.258 e. The minimum atomic E-state index is -0.396. The lowest BCUT2D eigenvalue weighted by Gasteiger charge is -2.39. The number of benzene rings is 2. The first kappa shape index (κ1) is 14.4. The van der Waals surface area contributed by atoms with Gasteiger partial charge >= 0.3 is 0 Å². The maximum absolute atomic E-state index is 12.8. The van der Waals surface area contributed by atoms with Gasteiger partial charge in [0.05, 0.1) is 12.2 Å². The van der Waals surface area contributed by atoms with Gasteiger partial charge in [0, 0.05) is 9.13 Å². The van der Waals surface area contributed by atoms with E-state index < -0.39 is 5.60 Å². The summed E-state index contributed by atoms with van der Waals surface area (Å²) < 4.78 is 7.08. The number of nitrogens with zero attached hydrogens (tertiary/aromatic N) is 1. The number of rotatable bonds is 1. The minimum absolute atomic E-state index is 0.00947. The van der Waals surface area contributed by atoms with Crippen LogP contribution in [0.4, 0.5) is 5.69 Å². The summed E-state index contributed by atoms with van der Waals surface area (Å²) in [5, 5.41) is 0. The number of para-hydroxylation sites is 2. The third-order valence-electron chi connectivity index (χ3n) is 3.42. The van der Waals surface area contributed by atoms with Gasteiger partial charge in [-0.1, -0.05) is 12.1 Å². The third kappa shape index (κ3) is 2.90. The van der Waals surface area contributed by atoms with Crippen LogP contribution >= 0.6 is 22.6 Å². The van der Waals surface area contributed by atoms with Crippen molar-refractivity contribution in [3.05, 3.63) is 57.7 Å². The molecule has 0 saturated heterocycles. The Morgan fingerprint density at radius 2 is 1.81 bits per heavy atom. The SMILES string of the molecule is CC1(C)CN(C(=O)c2ccc(I)cc2)c2ccccc2O1. The topological polar surface area (TPSA) is 29.5 Å². The number of carbonyl (C=O) groups is 1. The zero-order valence-corrected chi connectivity index (χ0v) is 14.1. The van der Waals surface area contributed by atoms with Gasteiger partial charge < -0.3 is 9.64 Å². The highest BCUT2D eigenvalue weighted by Gasteiger charge is 2.34. The Hall–Kier alpha value is -1.56. The molecule has 0 N–H and O–H groups in total. The first-order valence-electron chi connectivity index (χ1n) is 6.82. The number of anilines is 1. The molecule has 0 fully saturated rings. The number of amides is 1. The quantitative estimate of drug-likeness (QED) is 0.683. The summed E-state index contributed by atoms with van der Waals surface area (Å²) in [5.74, 6) is 0.767. The summed E-state index contributed by atoms with van der Waals surface area (Å²) in [6.07, 6.45) is 0. The molecule has 2 aromatic carbocycles. The molecule has 1 amide bonds. The van der Waals surface area contributed by atoms with Crippen molar-refractivity contribution >= 4 is 34.2 Å². The van der Waals surface area contributed by atoms with Crippen molar-refractivity contribution in [2.24, 2.45) is 0 Å². The monoisotopic (exact) mass is 393 g/mol. The Morgan fingerprint density at radius 1 is 1.14 bits per heavy atom. The van der Waals surface area contributed by atoms with Crippen LogP contribution < -0.4 is 9.64 Å². The van der Waals surface area contributed by atoms with Crippen LogP contribution in [0.3, 0.4) is 0 Å². The van der Waals surface area contributed by atoms with Crippen molar-refractivity contribution in [2.45, 2.75) is 19.4 Å². The maximum Gasteiger partial charge on any atom is 0.258 e. The van der Waals surface area contributed by atoms with Crippen LogP contribution in [0.2, 0.25) is 0 Å². The molecule has 1 heterocycles. The Bertz CT molecular complexity index is 679. The molecule has 21 heavy (non-hydrogen) atoms. The van der Waals surface area contributed by atoms with E-state index in [0.29, 0.717) is 12.1 Å². The number of carbonyl (C=O) groups excluding carboxylic acids is 1. The van der Waals surface area contributed by atoms with E-state index in [1.165, 1.54) is 0 Å². The molecule has 0 aliphatic carbocycles. The van der Waals surface area contributed by atoms with Crippen LogP contribution in [0.15, 0.2) is 48.5 Å². The Labute approximate surface area is 138 Å². The molecule has 0 aromatic heterocycles. The molecule has 0 atom stereocenters. The minimum Gasteiger partial charge on any atom is -0.484 e. The maximum atomic E-state index is 12.8. The summed E-state index contributed by atoms with van der Waals surface area (Å²) in [5.41, 5.74) is 1.14. The van der Waals surface area contributed by atoms with Gasteiger partial charge in [0.2, 0.25) is 0 Å². The first-order chi connectivity index (χ1) is 9.96. The van der Waals surface area contributed by atoms with Crippen molar-refractivity contribution < 1.29 is 9.53 Å². The molecule has 1 aliphatic heterocycles. The summed E-state index contributed by atoms with van der Waals surface area (Å²) in [7, 11) is 0. The molecule has 0 spiro atoms. The molecule has 4 heteroatoms. The lowest BCUT2D eigenvalue weighted by molar-refractivity contribution is 0.0837. The van der Waals surface area contributed by atoms with Crippen LogP contribution in [0.1, 0.15) is 24.2 Å². The van der Waals surface area contributed by atoms with Gasteiger partial charge in [-0.25, -0.2) is 0 Å². The van der Waals surface area contributed by atoms with Gasteiger partial charge in [-0.3, -0.25) is 4.79 Å². The number of hydrogen-bond donors (Lipinski definition) is 0. The molecule has 2 aromatic rings. The van der Waals surface area contributed by atoms with Crippen LogP contribution in [0.25, 0.3) is 0 Å². The Morgan fingerprint density at radius 3 is 2.52 bits per heavy atom. The fourth-order valence-electron chi connectivity index (χ4n) is 2.49. The van der Waals surface area contributed by atoms with Crippen molar-refractivity contribution in [1.82, 2.24) is 0 Å². The van der Waals surface area contributed by atoms with E-state index in [-0.39, 0.29) is 5.91 Å². The predicted molar refractivity (Wildman–Crippen MR) is 92.0 cm³/mol. The molecule has 3 nitrogen and oxygen atoms in total.